The minimum Gasteiger partial charge on any atom is -0.338 e. The Labute approximate surface area is 157 Å². The van der Waals surface area contributed by atoms with Gasteiger partial charge in [-0.25, -0.2) is 0 Å². The third-order valence-corrected chi connectivity index (χ3v) is 5.18. The van der Waals surface area contributed by atoms with E-state index in [-0.39, 0.29) is 18.3 Å². The maximum atomic E-state index is 12.9. The number of carbonyl (C=O) groups excluding carboxylic acids is 1. The van der Waals surface area contributed by atoms with Crippen molar-refractivity contribution in [1.82, 2.24) is 4.90 Å². The number of benzene rings is 2. The second kappa shape index (κ2) is 8.15. The van der Waals surface area contributed by atoms with E-state index in [1.807, 2.05) is 48.2 Å². The summed E-state index contributed by atoms with van der Waals surface area (Å²) >= 11 is 3.46. The van der Waals surface area contributed by atoms with Crippen molar-refractivity contribution < 1.29 is 4.79 Å². The zero-order chi connectivity index (χ0) is 16.4. The smallest absolute Gasteiger partial charge is 0.254 e. The molecule has 0 radical (unpaired) electrons. The third-order valence-electron chi connectivity index (χ3n) is 4.69. The summed E-state index contributed by atoms with van der Waals surface area (Å²) in [5.74, 6) is 0.729. The van der Waals surface area contributed by atoms with Gasteiger partial charge in [0.15, 0.2) is 0 Å². The van der Waals surface area contributed by atoms with Gasteiger partial charge in [-0.1, -0.05) is 52.3 Å². The van der Waals surface area contributed by atoms with Crippen molar-refractivity contribution in [3.8, 4) is 0 Å². The van der Waals surface area contributed by atoms with E-state index in [0.717, 1.165) is 28.7 Å². The van der Waals surface area contributed by atoms with E-state index in [4.69, 9.17) is 5.73 Å². The molecule has 3 nitrogen and oxygen atoms in total. The summed E-state index contributed by atoms with van der Waals surface area (Å²) in [7, 11) is 0. The summed E-state index contributed by atoms with van der Waals surface area (Å²) < 4.78 is 0.931. The van der Waals surface area contributed by atoms with Gasteiger partial charge in [0.05, 0.1) is 0 Å². The Hall–Kier alpha value is -1.36. The van der Waals surface area contributed by atoms with Crippen LogP contribution in [0.3, 0.4) is 0 Å². The number of amides is 1. The van der Waals surface area contributed by atoms with Crippen LogP contribution in [0.25, 0.3) is 0 Å². The van der Waals surface area contributed by atoms with Gasteiger partial charge in [0.2, 0.25) is 0 Å². The molecule has 3 rings (SSSR count). The Bertz CT molecular complexity index is 708. The molecule has 0 bridgehead atoms. The van der Waals surface area contributed by atoms with Gasteiger partial charge < -0.3 is 10.6 Å². The second-order valence-corrected chi connectivity index (χ2v) is 7.10. The molecule has 1 aliphatic rings. The van der Waals surface area contributed by atoms with E-state index in [1.54, 1.807) is 0 Å². The fourth-order valence-electron chi connectivity index (χ4n) is 3.35. The van der Waals surface area contributed by atoms with Crippen LogP contribution in [0.15, 0.2) is 53.0 Å². The van der Waals surface area contributed by atoms with Gasteiger partial charge in [-0.3, -0.25) is 4.79 Å². The molecule has 24 heavy (non-hydrogen) atoms. The van der Waals surface area contributed by atoms with Gasteiger partial charge in [-0.2, -0.15) is 0 Å². The van der Waals surface area contributed by atoms with Crippen molar-refractivity contribution in [3.05, 3.63) is 69.7 Å². The lowest BCUT2D eigenvalue weighted by molar-refractivity contribution is 0.0785. The largest absolute Gasteiger partial charge is 0.338 e. The number of nitrogens with two attached hydrogens (primary N) is 1. The summed E-state index contributed by atoms with van der Waals surface area (Å²) in [5.41, 5.74) is 9.01. The fraction of sp³-hybridized carbons (Fsp3) is 0.316. The fourth-order valence-corrected chi connectivity index (χ4v) is 3.71. The van der Waals surface area contributed by atoms with E-state index in [2.05, 4.69) is 28.1 Å². The zero-order valence-electron chi connectivity index (χ0n) is 13.6. The molecule has 2 aromatic rings. The molecule has 128 valence electrons. The number of likely N-dealkylation sites (tertiary alicyclic amines) is 1. The molecule has 5 heteroatoms. The van der Waals surface area contributed by atoms with Crippen LogP contribution < -0.4 is 5.73 Å². The van der Waals surface area contributed by atoms with Crippen LogP contribution in [0.4, 0.5) is 0 Å². The van der Waals surface area contributed by atoms with Crippen LogP contribution >= 0.6 is 28.3 Å². The highest BCUT2D eigenvalue weighted by atomic mass is 79.9. The summed E-state index contributed by atoms with van der Waals surface area (Å²) in [5, 5.41) is 0. The van der Waals surface area contributed by atoms with Crippen LogP contribution in [0.5, 0.6) is 0 Å². The molecule has 0 unspecified atom stereocenters. The van der Waals surface area contributed by atoms with Crippen molar-refractivity contribution >= 4 is 34.2 Å². The first-order valence-electron chi connectivity index (χ1n) is 7.90. The lowest BCUT2D eigenvalue weighted by atomic mass is 9.89. The zero-order valence-corrected chi connectivity index (χ0v) is 16.0. The first-order chi connectivity index (χ1) is 11.1. The van der Waals surface area contributed by atoms with E-state index in [1.165, 1.54) is 5.56 Å². The predicted molar refractivity (Wildman–Crippen MR) is 104 cm³/mol. The van der Waals surface area contributed by atoms with Gasteiger partial charge in [0.25, 0.3) is 5.91 Å². The van der Waals surface area contributed by atoms with Crippen molar-refractivity contribution in [2.24, 2.45) is 11.7 Å². The molecule has 2 N–H and O–H groups in total. The molecular weight excluding hydrogens is 388 g/mol. The van der Waals surface area contributed by atoms with Crippen molar-refractivity contribution in [2.75, 3.05) is 19.6 Å². The minimum absolute atomic E-state index is 0. The van der Waals surface area contributed by atoms with E-state index in [0.29, 0.717) is 18.4 Å². The molecule has 2 atom stereocenters. The highest BCUT2D eigenvalue weighted by Gasteiger charge is 2.35. The Morgan fingerprint density at radius 1 is 1.21 bits per heavy atom. The molecule has 1 aliphatic heterocycles. The van der Waals surface area contributed by atoms with Gasteiger partial charge in [0, 0.05) is 29.0 Å². The van der Waals surface area contributed by atoms with Gasteiger partial charge in [0.1, 0.15) is 0 Å². The van der Waals surface area contributed by atoms with Gasteiger partial charge in [-0.15, -0.1) is 12.4 Å². The average Bonchev–Trinajstić information content (AvgIpc) is 3.01. The number of hydrogen-bond donors (Lipinski definition) is 1. The Morgan fingerprint density at radius 2 is 1.92 bits per heavy atom. The van der Waals surface area contributed by atoms with E-state index >= 15 is 0 Å². The number of hydrogen-bond acceptors (Lipinski definition) is 2. The summed E-state index contributed by atoms with van der Waals surface area (Å²) in [4.78, 5) is 14.9. The lowest BCUT2D eigenvalue weighted by Crippen LogP contribution is -2.30. The van der Waals surface area contributed by atoms with Gasteiger partial charge >= 0.3 is 0 Å². The molecule has 1 heterocycles. The highest BCUT2D eigenvalue weighted by molar-refractivity contribution is 9.10. The maximum absolute atomic E-state index is 12.9. The normalized spacial score (nSPS) is 19.9. The van der Waals surface area contributed by atoms with Crippen LogP contribution in [-0.2, 0) is 0 Å². The first kappa shape index (κ1) is 19.0. The molecule has 2 aromatic carbocycles. The summed E-state index contributed by atoms with van der Waals surface area (Å²) in [6, 6.07) is 16.2. The number of carbonyl (C=O) groups is 1. The average molecular weight is 410 g/mol. The van der Waals surface area contributed by atoms with Crippen molar-refractivity contribution in [1.29, 1.82) is 0 Å². The first-order valence-corrected chi connectivity index (χ1v) is 8.70. The van der Waals surface area contributed by atoms with Crippen LogP contribution in [0.1, 0.15) is 27.4 Å². The Morgan fingerprint density at radius 3 is 2.58 bits per heavy atom. The Kier molecular flexibility index (Phi) is 6.44. The molecule has 0 spiro atoms. The standard InChI is InChI=1S/C19H21BrN2O.ClH/c1-13-7-8-16(20)9-17(13)19(23)22-11-15(10-21)18(12-22)14-5-3-2-4-6-14;/h2-9,15,18H,10-12,21H2,1H3;1H/t15-,18+;/m1./s1. The Balaban J connectivity index is 0.00000208. The second-order valence-electron chi connectivity index (χ2n) is 6.18. The molecule has 0 aromatic heterocycles. The monoisotopic (exact) mass is 408 g/mol. The molecule has 1 amide bonds. The predicted octanol–water partition coefficient (Wildman–Crippen LogP) is 3.99. The van der Waals surface area contributed by atoms with E-state index in [9.17, 15) is 4.79 Å². The lowest BCUT2D eigenvalue weighted by Gasteiger charge is -2.18. The molecule has 0 saturated carbocycles. The van der Waals surface area contributed by atoms with Gasteiger partial charge in [-0.05, 0) is 42.6 Å². The third kappa shape index (κ3) is 3.82. The maximum Gasteiger partial charge on any atom is 0.254 e. The summed E-state index contributed by atoms with van der Waals surface area (Å²) in [6.07, 6.45) is 0. The van der Waals surface area contributed by atoms with Crippen LogP contribution in [-0.4, -0.2) is 30.4 Å². The highest BCUT2D eigenvalue weighted by Crippen LogP contribution is 2.33. The summed E-state index contributed by atoms with van der Waals surface area (Å²) in [6.45, 7) is 4.03. The SMILES string of the molecule is Cc1ccc(Br)cc1C(=O)N1C[C@@H](CN)[C@H](c2ccccc2)C1.Cl. The van der Waals surface area contributed by atoms with Crippen LogP contribution in [0.2, 0.25) is 0 Å². The van der Waals surface area contributed by atoms with Crippen LogP contribution in [0, 0.1) is 12.8 Å². The topological polar surface area (TPSA) is 46.3 Å². The number of nitrogens with zero attached hydrogens (tertiary/aromatic N) is 1. The molecule has 0 aliphatic carbocycles. The molecular formula is C19H22BrClN2O. The van der Waals surface area contributed by atoms with Crippen molar-refractivity contribution in [2.45, 2.75) is 12.8 Å². The molecule has 1 fully saturated rings. The number of aryl methyl sites for hydroxylation is 1. The minimum atomic E-state index is 0. The quantitative estimate of drug-likeness (QED) is 0.833. The van der Waals surface area contributed by atoms with E-state index < -0.39 is 0 Å². The van der Waals surface area contributed by atoms with Crippen molar-refractivity contribution in [3.63, 3.8) is 0 Å². The number of rotatable bonds is 3. The number of halogens is 2. The molecule has 1 saturated heterocycles.